The third-order valence-corrected chi connectivity index (χ3v) is 2.11. The molecule has 0 aromatic rings. The topological polar surface area (TPSA) is 29.5 Å². The van der Waals surface area contributed by atoms with E-state index in [2.05, 4.69) is 11.8 Å². The molecule has 1 aliphatic heterocycles. The van der Waals surface area contributed by atoms with Crippen molar-refractivity contribution in [3.05, 3.63) is 0 Å². The van der Waals surface area contributed by atoms with Gasteiger partial charge in [-0.2, -0.15) is 0 Å². The van der Waals surface area contributed by atoms with Gasteiger partial charge in [-0.1, -0.05) is 0 Å². The summed E-state index contributed by atoms with van der Waals surface area (Å²) in [5.74, 6) is 0.272. The zero-order chi connectivity index (χ0) is 8.97. The average molecular weight is 171 g/mol. The van der Waals surface area contributed by atoms with E-state index in [9.17, 15) is 4.79 Å². The number of ketones is 1. The predicted molar refractivity (Wildman–Crippen MR) is 47.2 cm³/mol. The molecule has 12 heavy (non-hydrogen) atoms. The lowest BCUT2D eigenvalue weighted by Gasteiger charge is -2.30. The van der Waals surface area contributed by atoms with Crippen LogP contribution in [0.15, 0.2) is 0 Å². The van der Waals surface area contributed by atoms with Crippen molar-refractivity contribution in [2.75, 3.05) is 26.2 Å². The van der Waals surface area contributed by atoms with Gasteiger partial charge in [0.15, 0.2) is 0 Å². The minimum atomic E-state index is 0.272. The summed E-state index contributed by atoms with van der Waals surface area (Å²) in [6.07, 6.45) is 0.998. The zero-order valence-corrected chi connectivity index (χ0v) is 7.88. The Morgan fingerprint density at radius 1 is 1.67 bits per heavy atom. The van der Waals surface area contributed by atoms with Crippen LogP contribution in [-0.4, -0.2) is 43.0 Å². The van der Waals surface area contributed by atoms with Crippen molar-refractivity contribution in [3.63, 3.8) is 0 Å². The molecule has 0 spiro atoms. The Hall–Kier alpha value is -0.410. The third-order valence-electron chi connectivity index (χ3n) is 2.11. The second-order valence-electron chi connectivity index (χ2n) is 3.43. The number of carbonyl (C=O) groups excluding carboxylic acids is 1. The predicted octanol–water partition coefficient (Wildman–Crippen LogP) is 0.686. The Morgan fingerprint density at radius 2 is 2.42 bits per heavy atom. The summed E-state index contributed by atoms with van der Waals surface area (Å²) in [5, 5.41) is 0. The van der Waals surface area contributed by atoms with Gasteiger partial charge in [0.2, 0.25) is 0 Å². The summed E-state index contributed by atoms with van der Waals surface area (Å²) in [6.45, 7) is 7.34. The van der Waals surface area contributed by atoms with Crippen LogP contribution in [0, 0.1) is 0 Å². The molecule has 1 heterocycles. The van der Waals surface area contributed by atoms with Gasteiger partial charge in [0.25, 0.3) is 0 Å². The molecule has 1 saturated heterocycles. The van der Waals surface area contributed by atoms with E-state index < -0.39 is 0 Å². The maximum Gasteiger partial charge on any atom is 0.131 e. The van der Waals surface area contributed by atoms with Crippen molar-refractivity contribution in [2.45, 2.75) is 26.4 Å². The first-order chi connectivity index (χ1) is 5.68. The molecule has 0 aromatic heterocycles. The number of nitrogens with zero attached hydrogens (tertiary/aromatic N) is 1. The minimum absolute atomic E-state index is 0.272. The number of Topliss-reactive ketones (excluding diaryl/α,β-unsaturated/α-hetero) is 1. The number of rotatable bonds is 3. The molecular formula is C9H17NO2. The van der Waals surface area contributed by atoms with Crippen LogP contribution in [-0.2, 0) is 9.53 Å². The number of hydrogen-bond acceptors (Lipinski definition) is 3. The fraction of sp³-hybridized carbons (Fsp3) is 0.889. The summed E-state index contributed by atoms with van der Waals surface area (Å²) < 4.78 is 5.39. The first-order valence-electron chi connectivity index (χ1n) is 4.52. The summed E-state index contributed by atoms with van der Waals surface area (Å²) in [6, 6.07) is 0. The number of ether oxygens (including phenoxy) is 1. The molecule has 0 amide bonds. The van der Waals surface area contributed by atoms with Crippen LogP contribution >= 0.6 is 0 Å². The van der Waals surface area contributed by atoms with Gasteiger partial charge >= 0.3 is 0 Å². The monoisotopic (exact) mass is 171 g/mol. The first-order valence-corrected chi connectivity index (χ1v) is 4.52. The van der Waals surface area contributed by atoms with Crippen LogP contribution in [0.1, 0.15) is 20.3 Å². The van der Waals surface area contributed by atoms with Gasteiger partial charge in [-0.15, -0.1) is 0 Å². The molecule has 0 aromatic carbocycles. The molecular weight excluding hydrogens is 154 g/mol. The maximum absolute atomic E-state index is 10.7. The van der Waals surface area contributed by atoms with Gasteiger partial charge in [0.05, 0.1) is 12.7 Å². The van der Waals surface area contributed by atoms with Gasteiger partial charge < -0.3 is 4.74 Å². The van der Waals surface area contributed by atoms with Crippen molar-refractivity contribution in [1.82, 2.24) is 4.90 Å². The molecule has 0 aliphatic carbocycles. The second-order valence-corrected chi connectivity index (χ2v) is 3.43. The molecule has 0 saturated carbocycles. The van der Waals surface area contributed by atoms with Crippen LogP contribution in [0.3, 0.4) is 0 Å². The van der Waals surface area contributed by atoms with Crippen molar-refractivity contribution in [2.24, 2.45) is 0 Å². The summed E-state index contributed by atoms with van der Waals surface area (Å²) >= 11 is 0. The summed E-state index contributed by atoms with van der Waals surface area (Å²) in [5.41, 5.74) is 0. The van der Waals surface area contributed by atoms with Gasteiger partial charge in [-0.05, 0) is 13.8 Å². The molecule has 1 aliphatic rings. The molecule has 3 heteroatoms. The quantitative estimate of drug-likeness (QED) is 0.625. The van der Waals surface area contributed by atoms with E-state index in [0.717, 1.165) is 26.2 Å². The van der Waals surface area contributed by atoms with E-state index in [1.54, 1.807) is 6.92 Å². The highest BCUT2D eigenvalue weighted by atomic mass is 16.5. The standard InChI is InChI=1S/C9H17NO2/c1-8(11)3-4-10-5-6-12-9(2)7-10/h9H,3-7H2,1-2H3. The molecule has 0 radical (unpaired) electrons. The largest absolute Gasteiger partial charge is 0.376 e. The highest BCUT2D eigenvalue weighted by Gasteiger charge is 2.15. The lowest BCUT2D eigenvalue weighted by Crippen LogP contribution is -2.41. The van der Waals surface area contributed by atoms with Crippen LogP contribution in [0.4, 0.5) is 0 Å². The fourth-order valence-electron chi connectivity index (χ4n) is 1.41. The molecule has 70 valence electrons. The van der Waals surface area contributed by atoms with Gasteiger partial charge in [-0.3, -0.25) is 9.69 Å². The molecule has 1 atom stereocenters. The Kier molecular flexibility index (Phi) is 3.69. The maximum atomic E-state index is 10.7. The van der Waals surface area contributed by atoms with Gasteiger partial charge in [0, 0.05) is 26.1 Å². The van der Waals surface area contributed by atoms with E-state index in [4.69, 9.17) is 4.74 Å². The summed E-state index contributed by atoms with van der Waals surface area (Å²) in [4.78, 5) is 13.0. The van der Waals surface area contributed by atoms with Crippen LogP contribution in [0.2, 0.25) is 0 Å². The van der Waals surface area contributed by atoms with Crippen molar-refractivity contribution >= 4 is 5.78 Å². The van der Waals surface area contributed by atoms with E-state index in [0.29, 0.717) is 12.5 Å². The number of carbonyl (C=O) groups is 1. The highest BCUT2D eigenvalue weighted by molar-refractivity contribution is 5.75. The minimum Gasteiger partial charge on any atom is -0.376 e. The normalized spacial score (nSPS) is 25.7. The third kappa shape index (κ3) is 3.32. The Balaban J connectivity index is 2.18. The van der Waals surface area contributed by atoms with Gasteiger partial charge in [-0.25, -0.2) is 0 Å². The van der Waals surface area contributed by atoms with E-state index in [1.165, 1.54) is 0 Å². The Labute approximate surface area is 73.7 Å². The van der Waals surface area contributed by atoms with Crippen molar-refractivity contribution in [3.8, 4) is 0 Å². The smallest absolute Gasteiger partial charge is 0.131 e. The van der Waals surface area contributed by atoms with Crippen LogP contribution in [0.25, 0.3) is 0 Å². The van der Waals surface area contributed by atoms with Gasteiger partial charge in [0.1, 0.15) is 5.78 Å². The molecule has 1 rings (SSSR count). The summed E-state index contributed by atoms with van der Waals surface area (Å²) in [7, 11) is 0. The molecule has 1 unspecified atom stereocenters. The molecule has 0 N–H and O–H groups in total. The van der Waals surface area contributed by atoms with Crippen molar-refractivity contribution < 1.29 is 9.53 Å². The average Bonchev–Trinajstić information content (AvgIpc) is 2.01. The van der Waals surface area contributed by atoms with Crippen molar-refractivity contribution in [1.29, 1.82) is 0 Å². The molecule has 3 nitrogen and oxygen atoms in total. The lowest BCUT2D eigenvalue weighted by molar-refractivity contribution is -0.117. The Morgan fingerprint density at radius 3 is 3.00 bits per heavy atom. The lowest BCUT2D eigenvalue weighted by atomic mass is 10.2. The van der Waals surface area contributed by atoms with Crippen LogP contribution < -0.4 is 0 Å². The first kappa shape index (κ1) is 9.68. The molecule has 0 bridgehead atoms. The van der Waals surface area contributed by atoms with E-state index >= 15 is 0 Å². The SMILES string of the molecule is CC(=O)CCN1CCOC(C)C1. The number of morpholine rings is 1. The number of hydrogen-bond donors (Lipinski definition) is 0. The highest BCUT2D eigenvalue weighted by Crippen LogP contribution is 2.04. The second kappa shape index (κ2) is 4.58. The van der Waals surface area contributed by atoms with Crippen LogP contribution in [0.5, 0.6) is 0 Å². The molecule has 1 fully saturated rings. The Bertz CT molecular complexity index is 159. The zero-order valence-electron chi connectivity index (χ0n) is 7.88. The van der Waals surface area contributed by atoms with E-state index in [-0.39, 0.29) is 5.78 Å². The van der Waals surface area contributed by atoms with E-state index in [1.807, 2.05) is 0 Å². The fourth-order valence-corrected chi connectivity index (χ4v) is 1.41.